The van der Waals surface area contributed by atoms with Crippen LogP contribution in [0, 0.1) is 20.8 Å². The van der Waals surface area contributed by atoms with Gasteiger partial charge in [0.25, 0.3) is 0 Å². The minimum Gasteiger partial charge on any atom is -0.368 e. The summed E-state index contributed by atoms with van der Waals surface area (Å²) in [4.78, 5) is 14.1. The Labute approximate surface area is 115 Å². The van der Waals surface area contributed by atoms with Crippen LogP contribution >= 0.6 is 0 Å². The summed E-state index contributed by atoms with van der Waals surface area (Å²) >= 11 is 0. The molecule has 1 saturated heterocycles. The molecule has 4 nitrogen and oxygen atoms in total. The average Bonchev–Trinajstić information content (AvgIpc) is 2.37. The van der Waals surface area contributed by atoms with Crippen molar-refractivity contribution in [2.24, 2.45) is 5.73 Å². The van der Waals surface area contributed by atoms with E-state index in [9.17, 15) is 4.79 Å². The average molecular weight is 261 g/mol. The van der Waals surface area contributed by atoms with Gasteiger partial charge < -0.3 is 11.1 Å². The summed E-state index contributed by atoms with van der Waals surface area (Å²) in [5.74, 6) is -0.256. The zero-order valence-electron chi connectivity index (χ0n) is 12.0. The zero-order chi connectivity index (χ0) is 14.0. The minimum atomic E-state index is -0.304. The normalized spacial score (nSPS) is 18.3. The molecule has 1 heterocycles. The van der Waals surface area contributed by atoms with E-state index < -0.39 is 0 Å². The van der Waals surface area contributed by atoms with Crippen LogP contribution in [-0.2, 0) is 4.79 Å². The van der Waals surface area contributed by atoms with Crippen LogP contribution in [0.3, 0.4) is 0 Å². The maximum absolute atomic E-state index is 11.9. The summed E-state index contributed by atoms with van der Waals surface area (Å²) in [6.07, 6.45) is 0. The van der Waals surface area contributed by atoms with Gasteiger partial charge in [-0.2, -0.15) is 0 Å². The van der Waals surface area contributed by atoms with Crippen LogP contribution in [0.5, 0.6) is 0 Å². The third kappa shape index (κ3) is 2.96. The number of primary amides is 1. The maximum atomic E-state index is 11.9. The van der Waals surface area contributed by atoms with E-state index in [1.54, 1.807) is 0 Å². The van der Waals surface area contributed by atoms with E-state index in [1.807, 2.05) is 0 Å². The fourth-order valence-corrected chi connectivity index (χ4v) is 2.75. The molecule has 0 saturated carbocycles. The molecular weight excluding hydrogens is 238 g/mol. The van der Waals surface area contributed by atoms with Crippen LogP contribution in [0.2, 0.25) is 0 Å². The monoisotopic (exact) mass is 261 g/mol. The molecule has 2 rings (SSSR count). The van der Waals surface area contributed by atoms with E-state index in [2.05, 4.69) is 43.1 Å². The molecule has 3 N–H and O–H groups in total. The molecule has 0 bridgehead atoms. The Kier molecular flexibility index (Phi) is 4.22. The molecule has 0 aromatic heterocycles. The summed E-state index contributed by atoms with van der Waals surface area (Å²) in [5, 5.41) is 3.30. The summed E-state index contributed by atoms with van der Waals surface area (Å²) in [6.45, 7) is 9.77. The fourth-order valence-electron chi connectivity index (χ4n) is 2.75. The molecule has 104 valence electrons. The lowest BCUT2D eigenvalue weighted by Gasteiger charge is -2.34. The van der Waals surface area contributed by atoms with Crippen molar-refractivity contribution in [3.8, 4) is 0 Å². The van der Waals surface area contributed by atoms with Gasteiger partial charge in [-0.25, -0.2) is 0 Å². The van der Waals surface area contributed by atoms with Crippen LogP contribution in [0.4, 0.5) is 0 Å². The molecule has 1 fully saturated rings. The second-order valence-corrected chi connectivity index (χ2v) is 5.38. The van der Waals surface area contributed by atoms with Gasteiger partial charge in [-0.3, -0.25) is 9.69 Å². The number of hydrogen-bond donors (Lipinski definition) is 2. The first-order chi connectivity index (χ1) is 9.00. The van der Waals surface area contributed by atoms with Gasteiger partial charge in [0, 0.05) is 26.2 Å². The number of piperazine rings is 1. The van der Waals surface area contributed by atoms with E-state index in [4.69, 9.17) is 5.73 Å². The number of nitrogens with two attached hydrogens (primary N) is 1. The van der Waals surface area contributed by atoms with Crippen molar-refractivity contribution in [1.29, 1.82) is 0 Å². The second-order valence-electron chi connectivity index (χ2n) is 5.38. The van der Waals surface area contributed by atoms with Crippen molar-refractivity contribution in [1.82, 2.24) is 10.2 Å². The van der Waals surface area contributed by atoms with Crippen molar-refractivity contribution >= 4 is 5.91 Å². The third-order valence-corrected chi connectivity index (χ3v) is 3.96. The topological polar surface area (TPSA) is 58.4 Å². The highest BCUT2D eigenvalue weighted by atomic mass is 16.1. The lowest BCUT2D eigenvalue weighted by Crippen LogP contribution is -2.48. The molecule has 1 aromatic carbocycles. The predicted octanol–water partition coefficient (Wildman–Crippen LogP) is 1.04. The number of hydrogen-bond acceptors (Lipinski definition) is 3. The SMILES string of the molecule is Cc1cc(C)c(C(C(N)=O)N2CCNCC2)cc1C. The largest absolute Gasteiger partial charge is 0.368 e. The predicted molar refractivity (Wildman–Crippen MR) is 77.0 cm³/mol. The van der Waals surface area contributed by atoms with E-state index >= 15 is 0 Å². The number of rotatable bonds is 3. The summed E-state index contributed by atoms with van der Waals surface area (Å²) < 4.78 is 0. The number of nitrogens with zero attached hydrogens (tertiary/aromatic N) is 1. The van der Waals surface area contributed by atoms with Gasteiger partial charge in [0.1, 0.15) is 6.04 Å². The summed E-state index contributed by atoms with van der Waals surface area (Å²) in [5.41, 5.74) is 10.3. The van der Waals surface area contributed by atoms with Gasteiger partial charge in [0.2, 0.25) is 5.91 Å². The van der Waals surface area contributed by atoms with Crippen LogP contribution < -0.4 is 11.1 Å². The third-order valence-electron chi connectivity index (χ3n) is 3.96. The molecule has 1 amide bonds. The molecule has 0 radical (unpaired) electrons. The number of carbonyl (C=O) groups excluding carboxylic acids is 1. The van der Waals surface area contributed by atoms with Crippen molar-refractivity contribution in [2.45, 2.75) is 26.8 Å². The highest BCUT2D eigenvalue weighted by Crippen LogP contribution is 2.26. The number of benzene rings is 1. The van der Waals surface area contributed by atoms with Crippen LogP contribution in [-0.4, -0.2) is 37.0 Å². The summed E-state index contributed by atoms with van der Waals surface area (Å²) in [6, 6.07) is 3.95. The molecular formula is C15H23N3O. The maximum Gasteiger partial charge on any atom is 0.239 e. The number of amides is 1. The van der Waals surface area contributed by atoms with Gasteiger partial charge in [-0.1, -0.05) is 12.1 Å². The van der Waals surface area contributed by atoms with E-state index in [-0.39, 0.29) is 11.9 Å². The van der Waals surface area contributed by atoms with Gasteiger partial charge in [0.05, 0.1) is 0 Å². The lowest BCUT2D eigenvalue weighted by atomic mass is 9.94. The number of aryl methyl sites for hydroxylation is 3. The molecule has 1 aromatic rings. The lowest BCUT2D eigenvalue weighted by molar-refractivity contribution is -0.123. The first-order valence-electron chi connectivity index (χ1n) is 6.82. The smallest absolute Gasteiger partial charge is 0.239 e. The molecule has 19 heavy (non-hydrogen) atoms. The van der Waals surface area contributed by atoms with Crippen molar-refractivity contribution in [2.75, 3.05) is 26.2 Å². The first kappa shape index (κ1) is 14.0. The van der Waals surface area contributed by atoms with Gasteiger partial charge >= 0.3 is 0 Å². The molecule has 4 heteroatoms. The minimum absolute atomic E-state index is 0.256. The van der Waals surface area contributed by atoms with Gasteiger partial charge in [-0.15, -0.1) is 0 Å². The second kappa shape index (κ2) is 5.72. The molecule has 1 unspecified atom stereocenters. The van der Waals surface area contributed by atoms with E-state index in [1.165, 1.54) is 11.1 Å². The Morgan fingerprint density at radius 2 is 1.74 bits per heavy atom. The van der Waals surface area contributed by atoms with Gasteiger partial charge in [0.15, 0.2) is 0 Å². The van der Waals surface area contributed by atoms with E-state index in [0.29, 0.717) is 0 Å². The summed E-state index contributed by atoms with van der Waals surface area (Å²) in [7, 11) is 0. The highest BCUT2D eigenvalue weighted by molar-refractivity contribution is 5.82. The molecule has 1 atom stereocenters. The Bertz CT molecular complexity index is 479. The molecule has 1 aliphatic heterocycles. The Morgan fingerprint density at radius 3 is 2.32 bits per heavy atom. The fraction of sp³-hybridized carbons (Fsp3) is 0.533. The van der Waals surface area contributed by atoms with Crippen LogP contribution in [0.15, 0.2) is 12.1 Å². The van der Waals surface area contributed by atoms with Crippen molar-refractivity contribution in [3.63, 3.8) is 0 Å². The van der Waals surface area contributed by atoms with E-state index in [0.717, 1.165) is 37.3 Å². The van der Waals surface area contributed by atoms with Crippen molar-refractivity contribution in [3.05, 3.63) is 34.4 Å². The zero-order valence-corrected chi connectivity index (χ0v) is 12.0. The molecule has 1 aliphatic rings. The Morgan fingerprint density at radius 1 is 1.16 bits per heavy atom. The standard InChI is InChI=1S/C15H23N3O/c1-10-8-12(3)13(9-11(10)2)14(15(16)19)18-6-4-17-5-7-18/h8-9,14,17H,4-7H2,1-3H3,(H2,16,19). The van der Waals surface area contributed by atoms with Crippen LogP contribution in [0.25, 0.3) is 0 Å². The quantitative estimate of drug-likeness (QED) is 0.855. The molecule has 0 aliphatic carbocycles. The van der Waals surface area contributed by atoms with Crippen molar-refractivity contribution < 1.29 is 4.79 Å². The molecule has 0 spiro atoms. The number of carbonyl (C=O) groups is 1. The Balaban J connectivity index is 2.38. The van der Waals surface area contributed by atoms with Gasteiger partial charge in [-0.05, 0) is 43.0 Å². The van der Waals surface area contributed by atoms with Crippen LogP contribution in [0.1, 0.15) is 28.3 Å². The first-order valence-corrected chi connectivity index (χ1v) is 6.82. The number of nitrogens with one attached hydrogen (secondary N) is 1. The highest BCUT2D eigenvalue weighted by Gasteiger charge is 2.28. The Hall–Kier alpha value is -1.39.